The second-order valence-electron chi connectivity index (χ2n) is 6.55. The maximum Gasteiger partial charge on any atom is 0.317 e. The third-order valence-corrected chi connectivity index (χ3v) is 4.28. The molecule has 0 aromatic heterocycles. The summed E-state index contributed by atoms with van der Waals surface area (Å²) < 4.78 is 0. The molecule has 0 heterocycles. The first kappa shape index (κ1) is 16.3. The quantitative estimate of drug-likeness (QED) is 0.780. The van der Waals surface area contributed by atoms with E-state index >= 15 is 0 Å². The van der Waals surface area contributed by atoms with Gasteiger partial charge < -0.3 is 15.3 Å². The molecule has 0 aromatic rings. The number of rotatable bonds is 6. The van der Waals surface area contributed by atoms with Gasteiger partial charge >= 0.3 is 6.03 Å². The van der Waals surface area contributed by atoms with Crippen molar-refractivity contribution < 1.29 is 9.90 Å². The first-order valence-electron chi connectivity index (χ1n) is 7.57. The highest BCUT2D eigenvalue weighted by atomic mass is 16.3. The number of amides is 2. The molecule has 1 saturated carbocycles. The fraction of sp³-hybridized carbons (Fsp3) is 0.933. The van der Waals surface area contributed by atoms with Crippen LogP contribution in [-0.2, 0) is 0 Å². The van der Waals surface area contributed by atoms with Crippen molar-refractivity contribution in [3.63, 3.8) is 0 Å². The number of likely N-dealkylation sites (N-methyl/N-ethyl adjacent to an activating group) is 1. The molecule has 0 bridgehead atoms. The van der Waals surface area contributed by atoms with Crippen molar-refractivity contribution in [3.8, 4) is 0 Å². The fourth-order valence-corrected chi connectivity index (χ4v) is 2.95. The summed E-state index contributed by atoms with van der Waals surface area (Å²) in [5, 5.41) is 12.9. The predicted molar refractivity (Wildman–Crippen MR) is 78.1 cm³/mol. The smallest absolute Gasteiger partial charge is 0.317 e. The Balaban J connectivity index is 2.48. The molecule has 0 radical (unpaired) electrons. The van der Waals surface area contributed by atoms with E-state index in [-0.39, 0.29) is 6.03 Å². The van der Waals surface area contributed by atoms with Crippen LogP contribution in [0.1, 0.15) is 59.8 Å². The molecule has 2 N–H and O–H groups in total. The normalized spacial score (nSPS) is 18.4. The molecule has 0 unspecified atom stereocenters. The Bertz CT molecular complexity index is 291. The van der Waals surface area contributed by atoms with E-state index < -0.39 is 5.60 Å². The Hall–Kier alpha value is -0.770. The molecule has 0 aliphatic heterocycles. The molecular weight excluding hydrogens is 240 g/mol. The van der Waals surface area contributed by atoms with Crippen LogP contribution >= 0.6 is 0 Å². The third kappa shape index (κ3) is 5.01. The molecular formula is C15H30N2O2. The van der Waals surface area contributed by atoms with Crippen LogP contribution in [0.2, 0.25) is 0 Å². The molecule has 4 nitrogen and oxygen atoms in total. The van der Waals surface area contributed by atoms with Gasteiger partial charge in [0.05, 0.1) is 12.1 Å². The van der Waals surface area contributed by atoms with E-state index in [0.717, 1.165) is 13.0 Å². The summed E-state index contributed by atoms with van der Waals surface area (Å²) >= 11 is 0. The lowest BCUT2D eigenvalue weighted by Crippen LogP contribution is -2.48. The van der Waals surface area contributed by atoms with E-state index in [4.69, 9.17) is 0 Å². The molecule has 0 aromatic carbocycles. The zero-order valence-corrected chi connectivity index (χ0v) is 13.0. The molecule has 1 aliphatic rings. The number of hydrogen-bond donors (Lipinski definition) is 2. The summed E-state index contributed by atoms with van der Waals surface area (Å²) in [6.45, 7) is 9.37. The van der Waals surface area contributed by atoms with Crippen LogP contribution in [0.5, 0.6) is 0 Å². The average molecular weight is 270 g/mol. The lowest BCUT2D eigenvalue weighted by molar-refractivity contribution is 0.0475. The van der Waals surface area contributed by atoms with Gasteiger partial charge in [-0.3, -0.25) is 0 Å². The molecule has 1 aliphatic carbocycles. The van der Waals surface area contributed by atoms with Crippen LogP contribution < -0.4 is 5.32 Å². The van der Waals surface area contributed by atoms with E-state index in [0.29, 0.717) is 18.5 Å². The number of nitrogens with zero attached hydrogens (tertiary/aromatic N) is 1. The summed E-state index contributed by atoms with van der Waals surface area (Å²) in [5.41, 5.74) is -0.535. The maximum atomic E-state index is 12.2. The summed E-state index contributed by atoms with van der Waals surface area (Å²) in [4.78, 5) is 13.8. The van der Waals surface area contributed by atoms with Crippen molar-refractivity contribution in [2.45, 2.75) is 65.4 Å². The van der Waals surface area contributed by atoms with Crippen molar-refractivity contribution in [2.75, 3.05) is 19.6 Å². The first-order valence-corrected chi connectivity index (χ1v) is 7.57. The SMILES string of the molecule is CCN(CC(C)(C)O)C(=O)NCC1(CC)CCCC1. The third-order valence-electron chi connectivity index (χ3n) is 4.28. The molecule has 4 heteroatoms. The van der Waals surface area contributed by atoms with E-state index in [9.17, 15) is 9.90 Å². The largest absolute Gasteiger partial charge is 0.389 e. The van der Waals surface area contributed by atoms with Crippen molar-refractivity contribution >= 4 is 6.03 Å². The van der Waals surface area contributed by atoms with Gasteiger partial charge in [0.2, 0.25) is 0 Å². The number of urea groups is 1. The van der Waals surface area contributed by atoms with Crippen LogP contribution in [0, 0.1) is 5.41 Å². The van der Waals surface area contributed by atoms with Gasteiger partial charge in [0.15, 0.2) is 0 Å². The number of hydrogen-bond acceptors (Lipinski definition) is 2. The van der Waals surface area contributed by atoms with Gasteiger partial charge in [-0.05, 0) is 45.4 Å². The van der Waals surface area contributed by atoms with Gasteiger partial charge in [0.25, 0.3) is 0 Å². The predicted octanol–water partition coefficient (Wildman–Crippen LogP) is 2.76. The number of nitrogens with one attached hydrogen (secondary N) is 1. The number of aliphatic hydroxyl groups is 1. The monoisotopic (exact) mass is 270 g/mol. The summed E-state index contributed by atoms with van der Waals surface area (Å²) in [6.07, 6.45) is 6.14. The number of carbonyl (C=O) groups excluding carboxylic acids is 1. The minimum atomic E-state index is -0.844. The molecule has 1 rings (SSSR count). The summed E-state index contributed by atoms with van der Waals surface area (Å²) in [7, 11) is 0. The van der Waals surface area contributed by atoms with Crippen LogP contribution in [-0.4, -0.2) is 41.3 Å². The van der Waals surface area contributed by atoms with E-state index in [1.54, 1.807) is 18.7 Å². The van der Waals surface area contributed by atoms with E-state index in [1.807, 2.05) is 6.92 Å². The van der Waals surface area contributed by atoms with Gasteiger partial charge in [0.1, 0.15) is 0 Å². The Kier molecular flexibility index (Phi) is 5.65. The standard InChI is InChI=1S/C15H30N2O2/c1-5-15(9-7-8-10-15)11-16-13(18)17(6-2)12-14(3,4)19/h19H,5-12H2,1-4H3,(H,16,18). The minimum Gasteiger partial charge on any atom is -0.389 e. The van der Waals surface area contributed by atoms with Gasteiger partial charge in [-0.15, -0.1) is 0 Å². The van der Waals surface area contributed by atoms with Gasteiger partial charge in [-0.25, -0.2) is 4.79 Å². The topological polar surface area (TPSA) is 52.6 Å². The molecule has 0 spiro atoms. The van der Waals surface area contributed by atoms with Crippen molar-refractivity contribution in [1.82, 2.24) is 10.2 Å². The van der Waals surface area contributed by atoms with E-state index in [1.165, 1.54) is 25.7 Å². The van der Waals surface area contributed by atoms with Crippen LogP contribution in [0.25, 0.3) is 0 Å². The Labute approximate surface area is 117 Å². The minimum absolute atomic E-state index is 0.0515. The van der Waals surface area contributed by atoms with Crippen LogP contribution in [0.3, 0.4) is 0 Å². The van der Waals surface area contributed by atoms with Crippen LogP contribution in [0.4, 0.5) is 4.79 Å². The Morgan fingerprint density at radius 3 is 2.32 bits per heavy atom. The molecule has 2 amide bonds. The maximum absolute atomic E-state index is 12.2. The van der Waals surface area contributed by atoms with Crippen LogP contribution in [0.15, 0.2) is 0 Å². The Morgan fingerprint density at radius 1 is 1.32 bits per heavy atom. The Morgan fingerprint density at radius 2 is 1.89 bits per heavy atom. The molecule has 1 fully saturated rings. The first-order chi connectivity index (χ1) is 8.82. The molecule has 0 atom stereocenters. The van der Waals surface area contributed by atoms with E-state index in [2.05, 4.69) is 12.2 Å². The summed E-state index contributed by atoms with van der Waals surface area (Å²) in [6, 6.07) is -0.0515. The van der Waals surface area contributed by atoms with Gasteiger partial charge in [-0.2, -0.15) is 0 Å². The zero-order chi connectivity index (χ0) is 14.5. The summed E-state index contributed by atoms with van der Waals surface area (Å²) in [5.74, 6) is 0. The highest BCUT2D eigenvalue weighted by Gasteiger charge is 2.32. The number of carbonyl (C=O) groups is 1. The van der Waals surface area contributed by atoms with Crippen molar-refractivity contribution in [2.24, 2.45) is 5.41 Å². The second-order valence-corrected chi connectivity index (χ2v) is 6.55. The van der Waals surface area contributed by atoms with Gasteiger partial charge in [-0.1, -0.05) is 19.8 Å². The lowest BCUT2D eigenvalue weighted by atomic mass is 9.83. The van der Waals surface area contributed by atoms with Crippen molar-refractivity contribution in [3.05, 3.63) is 0 Å². The average Bonchev–Trinajstić information content (AvgIpc) is 2.81. The highest BCUT2D eigenvalue weighted by Crippen LogP contribution is 2.40. The molecule has 0 saturated heterocycles. The highest BCUT2D eigenvalue weighted by molar-refractivity contribution is 5.74. The van der Waals surface area contributed by atoms with Crippen molar-refractivity contribution in [1.29, 1.82) is 0 Å². The molecule has 112 valence electrons. The molecule has 19 heavy (non-hydrogen) atoms. The second kappa shape index (κ2) is 6.60. The lowest BCUT2D eigenvalue weighted by Gasteiger charge is -2.32. The zero-order valence-electron chi connectivity index (χ0n) is 13.0. The fourth-order valence-electron chi connectivity index (χ4n) is 2.95. The van der Waals surface area contributed by atoms with Gasteiger partial charge in [0, 0.05) is 13.1 Å².